The minimum absolute atomic E-state index is 0.633. The quantitative estimate of drug-likeness (QED) is 0.0778. The third-order valence-electron chi connectivity index (χ3n) is 9.60. The summed E-state index contributed by atoms with van der Waals surface area (Å²) in [4.78, 5) is 25.3. The Morgan fingerprint density at radius 3 is 1.74 bits per heavy atom. The zero-order chi connectivity index (χ0) is 39.7. The number of aliphatic hydroxyl groups excluding tert-OH is 12. The molecule has 0 radical (unpaired) electrons. The van der Waals surface area contributed by atoms with Crippen LogP contribution in [-0.4, -0.2) is 232 Å². The molecule has 308 valence electrons. The Labute approximate surface area is 298 Å². The normalized spacial score (nSPS) is 47.8. The van der Waals surface area contributed by atoms with Crippen LogP contribution in [0.5, 0.6) is 0 Å². The van der Waals surface area contributed by atoms with Crippen LogP contribution in [0.3, 0.4) is 0 Å². The van der Waals surface area contributed by atoms with E-state index < -0.39 is 173 Å². The van der Waals surface area contributed by atoms with Gasteiger partial charge in [0.1, 0.15) is 73.2 Å². The highest BCUT2D eigenvalue weighted by Gasteiger charge is 2.61. The van der Waals surface area contributed by atoms with E-state index in [1.165, 1.54) is 0 Å². The lowest BCUT2D eigenvalue weighted by Crippen LogP contribution is -2.68. The first kappa shape index (κ1) is 43.8. The molecule has 0 spiro atoms. The molecule has 0 saturated carbocycles. The van der Waals surface area contributed by atoms with Gasteiger partial charge in [0.05, 0.1) is 50.7 Å². The van der Waals surface area contributed by atoms with Crippen LogP contribution in [0.2, 0.25) is 0 Å². The highest BCUT2D eigenvalue weighted by Crippen LogP contribution is 2.40. The average Bonchev–Trinajstić information content (AvgIpc) is 3.12. The zero-order valence-electron chi connectivity index (χ0n) is 27.7. The van der Waals surface area contributed by atoms with Crippen LogP contribution in [0, 0.1) is 0 Å². The van der Waals surface area contributed by atoms with Gasteiger partial charge in [-0.2, -0.15) is 0 Å². The Bertz CT molecular complexity index is 1240. The molecule has 4 aliphatic heterocycles. The van der Waals surface area contributed by atoms with Crippen molar-refractivity contribution in [2.24, 2.45) is 11.5 Å². The summed E-state index contributed by atoms with van der Waals surface area (Å²) in [6, 6.07) is -2.86. The molecule has 0 aromatic carbocycles. The molecule has 0 bridgehead atoms. The molecular formula is C28H48N2O23. The van der Waals surface area contributed by atoms with Gasteiger partial charge in [-0.1, -0.05) is 0 Å². The highest BCUT2D eigenvalue weighted by molar-refractivity contribution is 5.77. The topological polar surface area (TPSA) is 434 Å². The van der Waals surface area contributed by atoms with Crippen molar-refractivity contribution in [3.05, 3.63) is 0 Å². The van der Waals surface area contributed by atoms with Gasteiger partial charge in [0, 0.05) is 12.8 Å². The fourth-order valence-corrected chi connectivity index (χ4v) is 6.37. The van der Waals surface area contributed by atoms with Crippen LogP contribution in [-0.2, 0) is 42.7 Å². The summed E-state index contributed by atoms with van der Waals surface area (Å²) in [5.41, 5.74) is 11.5. The molecule has 4 aliphatic rings. The number of hydrogen-bond acceptors (Lipinski definition) is 23. The van der Waals surface area contributed by atoms with Crippen molar-refractivity contribution in [2.45, 2.75) is 135 Å². The lowest BCUT2D eigenvalue weighted by atomic mass is 9.90. The molecular weight excluding hydrogens is 732 g/mol. The van der Waals surface area contributed by atoms with Crippen LogP contribution >= 0.6 is 0 Å². The second kappa shape index (κ2) is 17.5. The van der Waals surface area contributed by atoms with Crippen LogP contribution in [0.1, 0.15) is 12.8 Å². The lowest BCUT2D eigenvalue weighted by Gasteiger charge is -2.50. The fraction of sp³-hybridized carbons (Fsp3) is 0.929. The Kier molecular flexibility index (Phi) is 14.5. The number of carboxylic acids is 2. The number of ether oxygens (including phenoxy) is 7. The maximum atomic E-state index is 12.8. The van der Waals surface area contributed by atoms with Crippen molar-refractivity contribution in [2.75, 3.05) is 26.4 Å². The van der Waals surface area contributed by atoms with Crippen molar-refractivity contribution < 1.29 is 114 Å². The Morgan fingerprint density at radius 2 is 1.19 bits per heavy atom. The fourth-order valence-electron chi connectivity index (χ4n) is 6.37. The van der Waals surface area contributed by atoms with Gasteiger partial charge >= 0.3 is 11.9 Å². The predicted molar refractivity (Wildman–Crippen MR) is 160 cm³/mol. The van der Waals surface area contributed by atoms with Gasteiger partial charge in [-0.15, -0.1) is 0 Å². The second-order valence-corrected chi connectivity index (χ2v) is 13.3. The minimum atomic E-state index is -3.05. The van der Waals surface area contributed by atoms with E-state index in [4.69, 9.17) is 44.6 Å². The minimum Gasteiger partial charge on any atom is -0.477 e. The number of rotatable bonds is 14. The lowest BCUT2D eigenvalue weighted by molar-refractivity contribution is -0.378. The predicted octanol–water partition coefficient (Wildman–Crippen LogP) is -10.1. The Hall–Kier alpha value is -1.90. The summed E-state index contributed by atoms with van der Waals surface area (Å²) in [6.45, 7) is -3.89. The summed E-state index contributed by atoms with van der Waals surface area (Å²) in [5, 5.41) is 143. The summed E-state index contributed by atoms with van der Waals surface area (Å²) < 4.78 is 38.0. The van der Waals surface area contributed by atoms with Crippen LogP contribution < -0.4 is 11.5 Å². The SMILES string of the molecule is NC1C(O)OC(COC2OC(COC3(C(=O)O)CC(OC4(C(=O)O)CC(O)C(O)C(C(O)CO)O4)C(O)C(C(O)CO)O3)C(O)C(O)C2N)C(O)C1O. The first-order chi connectivity index (χ1) is 24.7. The van der Waals surface area contributed by atoms with Gasteiger partial charge in [-0.3, -0.25) is 0 Å². The smallest absolute Gasteiger partial charge is 0.364 e. The number of carbonyl (C=O) groups is 2. The van der Waals surface area contributed by atoms with Gasteiger partial charge in [-0.05, 0) is 0 Å². The molecule has 25 nitrogen and oxygen atoms in total. The van der Waals surface area contributed by atoms with E-state index in [0.29, 0.717) is 0 Å². The Morgan fingerprint density at radius 1 is 0.679 bits per heavy atom. The van der Waals surface area contributed by atoms with Crippen molar-refractivity contribution in [1.29, 1.82) is 0 Å². The average molecular weight is 781 g/mol. The van der Waals surface area contributed by atoms with E-state index in [1.807, 2.05) is 0 Å². The summed E-state index contributed by atoms with van der Waals surface area (Å²) in [7, 11) is 0. The number of nitrogens with two attached hydrogens (primary N) is 2. The molecule has 25 heteroatoms. The number of hydrogen-bond donors (Lipinski definition) is 16. The molecule has 18 N–H and O–H groups in total. The third kappa shape index (κ3) is 8.90. The van der Waals surface area contributed by atoms with E-state index in [2.05, 4.69) is 0 Å². The van der Waals surface area contributed by atoms with Crippen molar-refractivity contribution in [3.8, 4) is 0 Å². The number of carboxylic acid groups (broad SMARTS) is 2. The first-order valence-electron chi connectivity index (χ1n) is 16.3. The van der Waals surface area contributed by atoms with Gasteiger partial charge in [0.25, 0.3) is 11.6 Å². The van der Waals surface area contributed by atoms with Gasteiger partial charge in [-0.25, -0.2) is 9.59 Å². The largest absolute Gasteiger partial charge is 0.477 e. The monoisotopic (exact) mass is 780 g/mol. The van der Waals surface area contributed by atoms with E-state index in [-0.39, 0.29) is 0 Å². The van der Waals surface area contributed by atoms with Crippen LogP contribution in [0.25, 0.3) is 0 Å². The molecule has 4 fully saturated rings. The molecule has 0 aromatic rings. The molecule has 20 unspecified atom stereocenters. The van der Waals surface area contributed by atoms with E-state index >= 15 is 0 Å². The summed E-state index contributed by atoms with van der Waals surface area (Å²) in [6.07, 6.45) is -32.1. The molecule has 4 heterocycles. The summed E-state index contributed by atoms with van der Waals surface area (Å²) in [5.74, 6) is -10.1. The van der Waals surface area contributed by atoms with E-state index in [9.17, 15) is 81.1 Å². The van der Waals surface area contributed by atoms with Crippen LogP contribution in [0.4, 0.5) is 0 Å². The Balaban J connectivity index is 1.57. The first-order valence-corrected chi connectivity index (χ1v) is 16.3. The second-order valence-electron chi connectivity index (χ2n) is 13.3. The van der Waals surface area contributed by atoms with Gasteiger partial charge < -0.3 is 116 Å². The van der Waals surface area contributed by atoms with Gasteiger partial charge in [0.15, 0.2) is 12.6 Å². The highest BCUT2D eigenvalue weighted by atomic mass is 16.8. The molecule has 53 heavy (non-hydrogen) atoms. The number of aliphatic hydroxyl groups is 12. The molecule has 0 aromatic heterocycles. The standard InChI is InChI=1S/C28H48N2O23/c29-13-19(40)16(37)11(49-23(13)42)5-47-24-14(30)20(41)17(38)12(50-24)6-48-27(25(43)44)2-10(18(39)22(52-27)9(35)4-32)51-28(26(45)46)1-7(33)15(36)21(53-28)8(34)3-31/h7-24,31-42H,1-6,29-30H2,(H,43,44)(H,45,46). The van der Waals surface area contributed by atoms with Crippen LogP contribution in [0.15, 0.2) is 0 Å². The third-order valence-corrected chi connectivity index (χ3v) is 9.60. The molecule has 0 aliphatic carbocycles. The van der Waals surface area contributed by atoms with Crippen molar-refractivity contribution in [1.82, 2.24) is 0 Å². The molecule has 4 rings (SSSR count). The van der Waals surface area contributed by atoms with E-state index in [0.717, 1.165) is 0 Å². The maximum Gasteiger partial charge on any atom is 0.364 e. The van der Waals surface area contributed by atoms with Gasteiger partial charge in [0.2, 0.25) is 0 Å². The van der Waals surface area contributed by atoms with Crippen molar-refractivity contribution >= 4 is 11.9 Å². The molecule has 20 atom stereocenters. The molecule has 4 saturated heterocycles. The zero-order valence-corrected chi connectivity index (χ0v) is 27.7. The number of aliphatic carboxylic acids is 2. The van der Waals surface area contributed by atoms with Crippen molar-refractivity contribution in [3.63, 3.8) is 0 Å². The maximum absolute atomic E-state index is 12.8. The van der Waals surface area contributed by atoms with E-state index in [1.54, 1.807) is 0 Å². The molecule has 0 amide bonds. The summed E-state index contributed by atoms with van der Waals surface area (Å²) >= 11 is 0.